The average molecular weight is 417 g/mol. The van der Waals surface area contributed by atoms with Gasteiger partial charge in [0.15, 0.2) is 6.61 Å². The standard InChI is InChI=1S/C26H28N2O3/c1-17-12-13-20(18(2)14-17)24-15-22(21-10-6-7-11-23(21)28-24)26(30)31-16-25(29)27-19-8-4-3-5-9-19/h6-7,10-15,19H,3-5,8-9,16H2,1-2H3,(H,27,29). The largest absolute Gasteiger partial charge is 0.452 e. The quantitative estimate of drug-likeness (QED) is 0.586. The second-order valence-corrected chi connectivity index (χ2v) is 8.37. The molecule has 1 amide bonds. The summed E-state index contributed by atoms with van der Waals surface area (Å²) in [6.07, 6.45) is 5.48. The lowest BCUT2D eigenvalue weighted by Crippen LogP contribution is -2.38. The van der Waals surface area contributed by atoms with E-state index in [2.05, 4.69) is 11.4 Å². The number of aromatic nitrogens is 1. The average Bonchev–Trinajstić information content (AvgIpc) is 2.77. The maximum Gasteiger partial charge on any atom is 0.339 e. The van der Waals surface area contributed by atoms with Crippen LogP contribution in [0.25, 0.3) is 22.2 Å². The third-order valence-corrected chi connectivity index (χ3v) is 5.90. The van der Waals surface area contributed by atoms with E-state index < -0.39 is 5.97 Å². The topological polar surface area (TPSA) is 68.3 Å². The van der Waals surface area contributed by atoms with Crippen molar-refractivity contribution in [1.82, 2.24) is 10.3 Å². The second-order valence-electron chi connectivity index (χ2n) is 8.37. The van der Waals surface area contributed by atoms with E-state index in [1.54, 1.807) is 6.07 Å². The van der Waals surface area contributed by atoms with Crippen molar-refractivity contribution in [2.24, 2.45) is 0 Å². The van der Waals surface area contributed by atoms with Gasteiger partial charge in [0.1, 0.15) is 0 Å². The van der Waals surface area contributed by atoms with Crippen LogP contribution in [0.2, 0.25) is 0 Å². The first-order valence-electron chi connectivity index (χ1n) is 10.9. The number of aryl methyl sites for hydroxylation is 2. The monoisotopic (exact) mass is 416 g/mol. The fourth-order valence-corrected chi connectivity index (χ4v) is 4.31. The molecule has 5 nitrogen and oxygen atoms in total. The van der Waals surface area contributed by atoms with Crippen LogP contribution in [0, 0.1) is 13.8 Å². The minimum Gasteiger partial charge on any atom is -0.452 e. The molecule has 0 radical (unpaired) electrons. The van der Waals surface area contributed by atoms with E-state index in [9.17, 15) is 9.59 Å². The fourth-order valence-electron chi connectivity index (χ4n) is 4.31. The van der Waals surface area contributed by atoms with Gasteiger partial charge in [-0.25, -0.2) is 9.78 Å². The van der Waals surface area contributed by atoms with Gasteiger partial charge in [0.2, 0.25) is 0 Å². The van der Waals surface area contributed by atoms with Gasteiger partial charge in [-0.05, 0) is 44.4 Å². The first-order valence-corrected chi connectivity index (χ1v) is 10.9. The molecule has 0 saturated heterocycles. The Hall–Kier alpha value is -3.21. The molecule has 0 spiro atoms. The first-order chi connectivity index (χ1) is 15.0. The molecule has 4 rings (SSSR count). The van der Waals surface area contributed by atoms with Crippen molar-refractivity contribution in [3.63, 3.8) is 0 Å². The van der Waals surface area contributed by atoms with Crippen LogP contribution in [0.3, 0.4) is 0 Å². The molecule has 0 atom stereocenters. The number of rotatable bonds is 5. The molecule has 1 heterocycles. The molecule has 31 heavy (non-hydrogen) atoms. The van der Waals surface area contributed by atoms with Gasteiger partial charge in [0.25, 0.3) is 5.91 Å². The number of carbonyl (C=O) groups is 2. The molecular weight excluding hydrogens is 388 g/mol. The highest BCUT2D eigenvalue weighted by Crippen LogP contribution is 2.28. The van der Waals surface area contributed by atoms with Gasteiger partial charge in [0, 0.05) is 17.0 Å². The van der Waals surface area contributed by atoms with Crippen LogP contribution in [0.1, 0.15) is 53.6 Å². The van der Waals surface area contributed by atoms with Crippen molar-refractivity contribution in [2.75, 3.05) is 6.61 Å². The molecule has 1 aliphatic rings. The maximum absolute atomic E-state index is 12.9. The van der Waals surface area contributed by atoms with Gasteiger partial charge in [-0.1, -0.05) is 61.2 Å². The summed E-state index contributed by atoms with van der Waals surface area (Å²) in [5.41, 5.74) is 5.10. The van der Waals surface area contributed by atoms with E-state index >= 15 is 0 Å². The lowest BCUT2D eigenvalue weighted by Gasteiger charge is -2.22. The van der Waals surface area contributed by atoms with Crippen molar-refractivity contribution >= 4 is 22.8 Å². The molecule has 3 aromatic rings. The number of pyridine rings is 1. The number of nitrogens with zero attached hydrogens (tertiary/aromatic N) is 1. The fraction of sp³-hybridized carbons (Fsp3) is 0.346. The Balaban J connectivity index is 1.57. The highest BCUT2D eigenvalue weighted by atomic mass is 16.5. The number of carbonyl (C=O) groups excluding carboxylic acids is 2. The lowest BCUT2D eigenvalue weighted by atomic mass is 9.95. The van der Waals surface area contributed by atoms with Crippen molar-refractivity contribution < 1.29 is 14.3 Å². The van der Waals surface area contributed by atoms with E-state index in [1.165, 1.54) is 12.0 Å². The summed E-state index contributed by atoms with van der Waals surface area (Å²) in [5.74, 6) is -0.753. The molecule has 1 aliphatic carbocycles. The van der Waals surface area contributed by atoms with Gasteiger partial charge >= 0.3 is 5.97 Å². The number of esters is 1. The Morgan fingerprint density at radius 2 is 1.81 bits per heavy atom. The molecule has 0 unspecified atom stereocenters. The summed E-state index contributed by atoms with van der Waals surface area (Å²) >= 11 is 0. The zero-order valence-electron chi connectivity index (χ0n) is 18.1. The van der Waals surface area contributed by atoms with E-state index in [0.29, 0.717) is 10.9 Å². The van der Waals surface area contributed by atoms with Crippen molar-refractivity contribution in [3.05, 3.63) is 65.2 Å². The molecule has 160 valence electrons. The SMILES string of the molecule is Cc1ccc(-c2cc(C(=O)OCC(=O)NC3CCCCC3)c3ccccc3n2)c(C)c1. The van der Waals surface area contributed by atoms with E-state index in [1.807, 2.05) is 50.2 Å². The second kappa shape index (κ2) is 9.29. The number of hydrogen-bond donors (Lipinski definition) is 1. The van der Waals surface area contributed by atoms with Crippen LogP contribution >= 0.6 is 0 Å². The molecule has 0 aliphatic heterocycles. The van der Waals surface area contributed by atoms with Crippen LogP contribution in [0.5, 0.6) is 0 Å². The Morgan fingerprint density at radius 3 is 2.58 bits per heavy atom. The van der Waals surface area contributed by atoms with Crippen molar-refractivity contribution in [1.29, 1.82) is 0 Å². The Labute approximate surface area is 182 Å². The third kappa shape index (κ3) is 4.93. The van der Waals surface area contributed by atoms with Crippen LogP contribution in [-0.2, 0) is 9.53 Å². The molecule has 2 aromatic carbocycles. The predicted molar refractivity (Wildman–Crippen MR) is 122 cm³/mol. The summed E-state index contributed by atoms with van der Waals surface area (Å²) < 4.78 is 5.40. The first kappa shape index (κ1) is 21.0. The van der Waals surface area contributed by atoms with Gasteiger partial charge in [0.05, 0.1) is 16.8 Å². The maximum atomic E-state index is 12.9. The number of hydrogen-bond acceptors (Lipinski definition) is 4. The lowest BCUT2D eigenvalue weighted by molar-refractivity contribution is -0.125. The number of nitrogens with one attached hydrogen (secondary N) is 1. The number of para-hydroxylation sites is 1. The van der Waals surface area contributed by atoms with Crippen molar-refractivity contribution in [2.45, 2.75) is 52.0 Å². The number of fused-ring (bicyclic) bond motifs is 1. The number of benzene rings is 2. The van der Waals surface area contributed by atoms with E-state index in [-0.39, 0.29) is 18.6 Å². The van der Waals surface area contributed by atoms with Crippen LogP contribution in [-0.4, -0.2) is 29.5 Å². The predicted octanol–water partition coefficient (Wildman–Crippen LogP) is 5.12. The Bertz CT molecular complexity index is 1120. The van der Waals surface area contributed by atoms with Gasteiger partial charge in [-0.15, -0.1) is 0 Å². The highest BCUT2D eigenvalue weighted by Gasteiger charge is 2.19. The zero-order chi connectivity index (χ0) is 21.8. The van der Waals surface area contributed by atoms with Gasteiger partial charge in [-0.2, -0.15) is 0 Å². The normalized spacial score (nSPS) is 14.4. The molecule has 5 heteroatoms. The molecule has 1 fully saturated rings. The van der Waals surface area contributed by atoms with E-state index in [4.69, 9.17) is 9.72 Å². The van der Waals surface area contributed by atoms with Gasteiger partial charge in [-0.3, -0.25) is 4.79 Å². The summed E-state index contributed by atoms with van der Waals surface area (Å²) in [6, 6.07) is 15.6. The summed E-state index contributed by atoms with van der Waals surface area (Å²) in [4.78, 5) is 30.0. The molecular formula is C26H28N2O3. The zero-order valence-corrected chi connectivity index (χ0v) is 18.1. The summed E-state index contributed by atoms with van der Waals surface area (Å²) in [5, 5.41) is 3.70. The molecule has 0 bridgehead atoms. The number of ether oxygens (including phenoxy) is 1. The third-order valence-electron chi connectivity index (χ3n) is 5.90. The number of amides is 1. The minimum atomic E-state index is -0.511. The van der Waals surface area contributed by atoms with Crippen molar-refractivity contribution in [3.8, 4) is 11.3 Å². The molecule has 1 aromatic heterocycles. The Kier molecular flexibility index (Phi) is 6.31. The van der Waals surface area contributed by atoms with Gasteiger partial charge < -0.3 is 10.1 Å². The summed E-state index contributed by atoms with van der Waals surface area (Å²) in [6.45, 7) is 3.81. The smallest absolute Gasteiger partial charge is 0.339 e. The van der Waals surface area contributed by atoms with Crippen LogP contribution in [0.4, 0.5) is 0 Å². The van der Waals surface area contributed by atoms with Crippen LogP contribution in [0.15, 0.2) is 48.5 Å². The molecule has 1 N–H and O–H groups in total. The highest BCUT2D eigenvalue weighted by molar-refractivity contribution is 6.05. The molecule has 1 saturated carbocycles. The van der Waals surface area contributed by atoms with Crippen LogP contribution < -0.4 is 5.32 Å². The summed E-state index contributed by atoms with van der Waals surface area (Å²) in [7, 11) is 0. The minimum absolute atomic E-state index is 0.192. The Morgan fingerprint density at radius 1 is 1.03 bits per heavy atom. The van der Waals surface area contributed by atoms with E-state index in [0.717, 1.165) is 48.0 Å².